The normalized spacial score (nSPS) is 17.6. The smallest absolute Gasteiger partial charge is 0.269 e. The molecule has 1 unspecified atom stereocenters. The van der Waals surface area contributed by atoms with Crippen LogP contribution in [-0.2, 0) is 10.4 Å². The number of hydrogen-bond donors (Lipinski definition) is 2. The molecule has 1 aliphatic heterocycles. The molecule has 1 atom stereocenters. The van der Waals surface area contributed by atoms with Crippen LogP contribution in [0, 0.1) is 0 Å². The van der Waals surface area contributed by atoms with Gasteiger partial charge in [-0.15, -0.1) is 0 Å². The minimum atomic E-state index is -2.01. The summed E-state index contributed by atoms with van der Waals surface area (Å²) in [6, 6.07) is 31.0. The fourth-order valence-electron chi connectivity index (χ4n) is 4.48. The molecule has 1 aliphatic rings. The number of phenols is 1. The number of carbonyl (C=O) groups is 1. The Morgan fingerprint density at radius 2 is 1.31 bits per heavy atom. The van der Waals surface area contributed by atoms with Gasteiger partial charge in [-0.05, 0) is 29.3 Å². The van der Waals surface area contributed by atoms with Crippen LogP contribution in [-0.4, -0.2) is 16.1 Å². The number of anilines is 1. The van der Waals surface area contributed by atoms with E-state index in [1.807, 2.05) is 72.8 Å². The van der Waals surface area contributed by atoms with Crippen molar-refractivity contribution in [3.8, 4) is 5.75 Å². The molecule has 5 heteroatoms. The predicted octanol–water partition coefficient (Wildman–Crippen LogP) is 5.53. The summed E-state index contributed by atoms with van der Waals surface area (Å²) in [6.07, 6.45) is 0. The third kappa shape index (κ3) is 3.13. The molecule has 158 valence electrons. The van der Waals surface area contributed by atoms with E-state index in [2.05, 4.69) is 15.9 Å². The predicted molar refractivity (Wildman–Crippen MR) is 127 cm³/mol. The number of hydrogen-bond acceptors (Lipinski definition) is 3. The summed E-state index contributed by atoms with van der Waals surface area (Å²) < 4.78 is 0.657. The Hall–Kier alpha value is -3.41. The number of halogens is 1. The van der Waals surface area contributed by atoms with Gasteiger partial charge in [-0.1, -0.05) is 101 Å². The SMILES string of the molecule is O=C1N(C(c2ccccc2)c2ccccc2)c2ccccc2C1(O)c1ccc(Br)cc1O. The first-order chi connectivity index (χ1) is 15.5. The highest BCUT2D eigenvalue weighted by atomic mass is 79.9. The number of rotatable bonds is 4. The lowest BCUT2D eigenvalue weighted by Crippen LogP contribution is -2.43. The quantitative estimate of drug-likeness (QED) is 0.399. The second-order valence-corrected chi connectivity index (χ2v) is 8.70. The van der Waals surface area contributed by atoms with Gasteiger partial charge in [0.15, 0.2) is 5.60 Å². The number of aliphatic hydroxyl groups is 1. The van der Waals surface area contributed by atoms with Crippen molar-refractivity contribution in [2.45, 2.75) is 11.6 Å². The lowest BCUT2D eigenvalue weighted by molar-refractivity contribution is -0.132. The standard InChI is InChI=1S/C27H20BrNO3/c28-20-15-16-22(24(30)17-20)27(32)21-13-7-8-14-23(21)29(26(27)31)25(18-9-3-1-4-10-18)19-11-5-2-6-12-19/h1-17,25,30,32H. The molecule has 0 fully saturated rings. The van der Waals surface area contributed by atoms with Gasteiger partial charge in [0.2, 0.25) is 0 Å². The van der Waals surface area contributed by atoms with Gasteiger partial charge >= 0.3 is 0 Å². The van der Waals surface area contributed by atoms with Crippen LogP contribution in [0.4, 0.5) is 5.69 Å². The van der Waals surface area contributed by atoms with E-state index >= 15 is 0 Å². The first-order valence-electron chi connectivity index (χ1n) is 10.3. The monoisotopic (exact) mass is 485 g/mol. The zero-order chi connectivity index (χ0) is 22.3. The highest BCUT2D eigenvalue weighted by Gasteiger charge is 2.54. The van der Waals surface area contributed by atoms with Crippen LogP contribution in [0.1, 0.15) is 28.3 Å². The van der Waals surface area contributed by atoms with Crippen LogP contribution in [0.3, 0.4) is 0 Å². The maximum Gasteiger partial charge on any atom is 0.269 e. The Kier molecular flexibility index (Phi) is 5.08. The van der Waals surface area contributed by atoms with Gasteiger partial charge in [-0.25, -0.2) is 0 Å². The lowest BCUT2D eigenvalue weighted by Gasteiger charge is -2.31. The van der Waals surface area contributed by atoms with Crippen molar-refractivity contribution in [3.05, 3.63) is 130 Å². The number of phenolic OH excluding ortho intramolecular Hbond substituents is 1. The second-order valence-electron chi connectivity index (χ2n) is 7.79. The summed E-state index contributed by atoms with van der Waals surface area (Å²) in [5.74, 6) is -0.656. The Morgan fingerprint density at radius 1 is 0.750 bits per heavy atom. The summed E-state index contributed by atoms with van der Waals surface area (Å²) in [6.45, 7) is 0. The molecule has 0 radical (unpaired) electrons. The first-order valence-corrected chi connectivity index (χ1v) is 11.1. The zero-order valence-corrected chi connectivity index (χ0v) is 18.6. The molecule has 0 bridgehead atoms. The van der Waals surface area contributed by atoms with Crippen molar-refractivity contribution in [3.63, 3.8) is 0 Å². The molecule has 0 saturated carbocycles. The molecule has 0 aromatic heterocycles. The van der Waals surface area contributed by atoms with Gasteiger partial charge < -0.3 is 10.2 Å². The van der Waals surface area contributed by atoms with E-state index in [9.17, 15) is 15.0 Å². The van der Waals surface area contributed by atoms with Gasteiger partial charge in [-0.3, -0.25) is 9.69 Å². The summed E-state index contributed by atoms with van der Waals surface area (Å²) in [5, 5.41) is 22.6. The molecule has 1 heterocycles. The fourth-order valence-corrected chi connectivity index (χ4v) is 4.83. The molecule has 0 saturated heterocycles. The summed E-state index contributed by atoms with van der Waals surface area (Å²) >= 11 is 3.33. The lowest BCUT2D eigenvalue weighted by atomic mass is 9.87. The Bertz CT molecular complexity index is 1250. The van der Waals surface area contributed by atoms with Gasteiger partial charge in [0, 0.05) is 15.6 Å². The molecular weight excluding hydrogens is 466 g/mol. The Morgan fingerprint density at radius 3 is 1.91 bits per heavy atom. The number of amides is 1. The number of nitrogens with zero attached hydrogens (tertiary/aromatic N) is 1. The number of aromatic hydroxyl groups is 1. The minimum Gasteiger partial charge on any atom is -0.507 e. The van der Waals surface area contributed by atoms with E-state index in [0.29, 0.717) is 15.7 Å². The van der Waals surface area contributed by atoms with Gasteiger partial charge in [0.05, 0.1) is 11.7 Å². The van der Waals surface area contributed by atoms with Crippen LogP contribution in [0.5, 0.6) is 5.75 Å². The number of para-hydroxylation sites is 1. The molecule has 4 aromatic rings. The maximum atomic E-state index is 14.1. The third-order valence-corrected chi connectivity index (χ3v) is 6.41. The van der Waals surface area contributed by atoms with E-state index < -0.39 is 17.6 Å². The van der Waals surface area contributed by atoms with Crippen molar-refractivity contribution in [1.82, 2.24) is 0 Å². The minimum absolute atomic E-state index is 0.150. The molecular formula is C27H20BrNO3. The average molecular weight is 486 g/mol. The summed E-state index contributed by atoms with van der Waals surface area (Å²) in [7, 11) is 0. The molecule has 4 aromatic carbocycles. The molecule has 1 amide bonds. The van der Waals surface area contributed by atoms with E-state index in [1.54, 1.807) is 29.2 Å². The zero-order valence-electron chi connectivity index (χ0n) is 17.0. The van der Waals surface area contributed by atoms with Crippen molar-refractivity contribution in [1.29, 1.82) is 0 Å². The Balaban J connectivity index is 1.75. The van der Waals surface area contributed by atoms with E-state index in [0.717, 1.165) is 11.1 Å². The number of benzene rings is 4. The molecule has 0 spiro atoms. The Labute approximate surface area is 194 Å². The number of fused-ring (bicyclic) bond motifs is 1. The van der Waals surface area contributed by atoms with E-state index in [-0.39, 0.29) is 11.3 Å². The van der Waals surface area contributed by atoms with Crippen molar-refractivity contribution >= 4 is 27.5 Å². The highest BCUT2D eigenvalue weighted by Crippen LogP contribution is 2.50. The molecule has 32 heavy (non-hydrogen) atoms. The van der Waals surface area contributed by atoms with E-state index in [1.165, 1.54) is 6.07 Å². The van der Waals surface area contributed by atoms with Crippen LogP contribution >= 0.6 is 15.9 Å². The van der Waals surface area contributed by atoms with Gasteiger partial charge in [-0.2, -0.15) is 0 Å². The van der Waals surface area contributed by atoms with Crippen LogP contribution < -0.4 is 4.90 Å². The fraction of sp³-hybridized carbons (Fsp3) is 0.0741. The summed E-state index contributed by atoms with van der Waals surface area (Å²) in [5.41, 5.74) is 1.04. The first kappa shape index (κ1) is 20.5. The largest absolute Gasteiger partial charge is 0.507 e. The van der Waals surface area contributed by atoms with Crippen LogP contribution in [0.2, 0.25) is 0 Å². The second kappa shape index (κ2) is 7.93. The molecule has 5 rings (SSSR count). The highest BCUT2D eigenvalue weighted by molar-refractivity contribution is 9.10. The van der Waals surface area contributed by atoms with Crippen LogP contribution in [0.15, 0.2) is 108 Å². The molecule has 0 aliphatic carbocycles. The van der Waals surface area contributed by atoms with Crippen LogP contribution in [0.25, 0.3) is 0 Å². The number of carbonyl (C=O) groups excluding carboxylic acids is 1. The molecule has 2 N–H and O–H groups in total. The maximum absolute atomic E-state index is 14.1. The van der Waals surface area contributed by atoms with Crippen molar-refractivity contribution in [2.75, 3.05) is 4.90 Å². The van der Waals surface area contributed by atoms with Crippen molar-refractivity contribution < 1.29 is 15.0 Å². The van der Waals surface area contributed by atoms with E-state index in [4.69, 9.17) is 0 Å². The average Bonchev–Trinajstić information content (AvgIpc) is 3.04. The topological polar surface area (TPSA) is 60.8 Å². The third-order valence-electron chi connectivity index (χ3n) is 5.92. The van der Waals surface area contributed by atoms with Crippen molar-refractivity contribution in [2.24, 2.45) is 0 Å². The van der Waals surface area contributed by atoms with Gasteiger partial charge in [0.1, 0.15) is 5.75 Å². The molecule has 4 nitrogen and oxygen atoms in total. The summed E-state index contributed by atoms with van der Waals surface area (Å²) in [4.78, 5) is 15.7. The van der Waals surface area contributed by atoms with Gasteiger partial charge in [0.25, 0.3) is 5.91 Å².